The van der Waals surface area contributed by atoms with Gasteiger partial charge >= 0.3 is 6.09 Å². The Morgan fingerprint density at radius 3 is 2.50 bits per heavy atom. The smallest absolute Gasteiger partial charge is 0.411 e. The number of anilines is 1. The van der Waals surface area contributed by atoms with Crippen molar-refractivity contribution < 1.29 is 19.1 Å². The molecule has 0 bridgehead atoms. The molecule has 0 fully saturated rings. The summed E-state index contributed by atoms with van der Waals surface area (Å²) < 4.78 is 10.5. The van der Waals surface area contributed by atoms with Crippen LogP contribution in [0, 0.1) is 0 Å². The zero-order valence-electron chi connectivity index (χ0n) is 14.0. The number of carbonyl (C=O) groups excluding carboxylic acids is 2. The summed E-state index contributed by atoms with van der Waals surface area (Å²) in [4.78, 5) is 23.6. The maximum absolute atomic E-state index is 11.8. The van der Waals surface area contributed by atoms with E-state index in [1.807, 2.05) is 18.2 Å². The standard InChI is InChI=1S/C18H18Cl2N2O4/c1-12(10-21-17(23)11-25-14-5-3-2-4-6-14)26-18(24)22-13-7-8-15(19)16(20)9-13/h2-9,12H,10-11H2,1H3,(H,21,23)(H,22,24)/t12-/m0/s1. The van der Waals surface area contributed by atoms with E-state index in [2.05, 4.69) is 10.6 Å². The van der Waals surface area contributed by atoms with Gasteiger partial charge in [-0.1, -0.05) is 41.4 Å². The van der Waals surface area contributed by atoms with Crippen molar-refractivity contribution in [3.63, 3.8) is 0 Å². The molecule has 0 heterocycles. The lowest BCUT2D eigenvalue weighted by Gasteiger charge is -2.15. The zero-order valence-corrected chi connectivity index (χ0v) is 15.5. The molecule has 1 atom stereocenters. The first-order chi connectivity index (χ1) is 12.4. The van der Waals surface area contributed by atoms with Gasteiger partial charge < -0.3 is 14.8 Å². The van der Waals surface area contributed by atoms with Crippen molar-refractivity contribution in [3.8, 4) is 5.75 Å². The van der Waals surface area contributed by atoms with Gasteiger partial charge in [-0.25, -0.2) is 4.79 Å². The molecule has 6 nitrogen and oxygen atoms in total. The van der Waals surface area contributed by atoms with Crippen LogP contribution in [-0.2, 0) is 9.53 Å². The number of ether oxygens (including phenoxy) is 2. The molecule has 2 N–H and O–H groups in total. The van der Waals surface area contributed by atoms with Gasteiger partial charge in [-0.2, -0.15) is 0 Å². The number of halogens is 2. The number of amides is 2. The van der Waals surface area contributed by atoms with Crippen LogP contribution in [0.1, 0.15) is 6.92 Å². The fourth-order valence-electron chi connectivity index (χ4n) is 1.92. The van der Waals surface area contributed by atoms with Gasteiger partial charge in [-0.05, 0) is 37.3 Å². The van der Waals surface area contributed by atoms with Gasteiger partial charge in [0.2, 0.25) is 0 Å². The zero-order chi connectivity index (χ0) is 18.9. The van der Waals surface area contributed by atoms with Gasteiger partial charge in [0.25, 0.3) is 5.91 Å². The van der Waals surface area contributed by atoms with Crippen LogP contribution in [0.25, 0.3) is 0 Å². The van der Waals surface area contributed by atoms with E-state index in [1.54, 1.807) is 31.2 Å². The first kappa shape index (κ1) is 19.9. The van der Waals surface area contributed by atoms with E-state index >= 15 is 0 Å². The fraction of sp³-hybridized carbons (Fsp3) is 0.222. The molecule has 0 saturated heterocycles. The molecule has 0 aliphatic carbocycles. The first-order valence-electron chi connectivity index (χ1n) is 7.81. The van der Waals surface area contributed by atoms with Crippen molar-refractivity contribution >= 4 is 40.9 Å². The highest BCUT2D eigenvalue weighted by Gasteiger charge is 2.12. The van der Waals surface area contributed by atoms with E-state index in [-0.39, 0.29) is 19.1 Å². The largest absolute Gasteiger partial charge is 0.484 e. The third-order valence-electron chi connectivity index (χ3n) is 3.17. The summed E-state index contributed by atoms with van der Waals surface area (Å²) in [7, 11) is 0. The van der Waals surface area contributed by atoms with Crippen molar-refractivity contribution in [2.75, 3.05) is 18.5 Å². The minimum atomic E-state index is -0.661. The maximum Gasteiger partial charge on any atom is 0.411 e. The number of nitrogens with one attached hydrogen (secondary N) is 2. The number of hydrogen-bond donors (Lipinski definition) is 2. The van der Waals surface area contributed by atoms with Gasteiger partial charge in [0.1, 0.15) is 11.9 Å². The van der Waals surface area contributed by atoms with Crippen molar-refractivity contribution in [1.29, 1.82) is 0 Å². The normalized spacial score (nSPS) is 11.3. The molecule has 2 aromatic carbocycles. The molecule has 0 aromatic heterocycles. The van der Waals surface area contributed by atoms with E-state index in [0.717, 1.165) is 0 Å². The molecule has 26 heavy (non-hydrogen) atoms. The van der Waals surface area contributed by atoms with Crippen molar-refractivity contribution in [2.45, 2.75) is 13.0 Å². The van der Waals surface area contributed by atoms with Gasteiger partial charge in [-0.15, -0.1) is 0 Å². The summed E-state index contributed by atoms with van der Waals surface area (Å²) in [6, 6.07) is 13.7. The number of benzene rings is 2. The second-order valence-electron chi connectivity index (χ2n) is 5.38. The Labute approximate surface area is 161 Å². The van der Waals surface area contributed by atoms with Crippen molar-refractivity contribution in [2.24, 2.45) is 0 Å². The van der Waals surface area contributed by atoms with Crippen LogP contribution in [0.3, 0.4) is 0 Å². The van der Waals surface area contributed by atoms with Crippen LogP contribution in [0.5, 0.6) is 5.75 Å². The maximum atomic E-state index is 11.8. The summed E-state index contributed by atoms with van der Waals surface area (Å²) in [6.45, 7) is 1.70. The summed E-state index contributed by atoms with van der Waals surface area (Å²) in [5, 5.41) is 5.88. The van der Waals surface area contributed by atoms with E-state index in [1.165, 1.54) is 6.07 Å². The minimum absolute atomic E-state index is 0.119. The Bertz CT molecular complexity index is 756. The number of para-hydroxylation sites is 1. The molecule has 138 valence electrons. The highest BCUT2D eigenvalue weighted by Crippen LogP contribution is 2.25. The average molecular weight is 397 g/mol. The lowest BCUT2D eigenvalue weighted by atomic mass is 10.3. The lowest BCUT2D eigenvalue weighted by molar-refractivity contribution is -0.123. The minimum Gasteiger partial charge on any atom is -0.484 e. The molecule has 0 saturated carbocycles. The van der Waals surface area contributed by atoms with Gasteiger partial charge in [-0.3, -0.25) is 10.1 Å². The Hall–Kier alpha value is -2.44. The molecule has 0 aliphatic rings. The summed E-state index contributed by atoms with van der Waals surface area (Å²) in [5.74, 6) is 0.294. The SMILES string of the molecule is C[C@@H](CNC(=O)COc1ccccc1)OC(=O)Nc1ccc(Cl)c(Cl)c1. The molecule has 2 amide bonds. The van der Waals surface area contributed by atoms with Gasteiger partial charge in [0.15, 0.2) is 6.61 Å². The average Bonchev–Trinajstić information content (AvgIpc) is 2.62. The van der Waals surface area contributed by atoms with Gasteiger partial charge in [0, 0.05) is 5.69 Å². The molecule has 0 unspecified atom stereocenters. The summed E-state index contributed by atoms with van der Waals surface area (Å²) in [6.07, 6.45) is -1.19. The van der Waals surface area contributed by atoms with E-state index in [0.29, 0.717) is 21.5 Å². The van der Waals surface area contributed by atoms with Crippen LogP contribution in [0.15, 0.2) is 48.5 Å². The predicted molar refractivity (Wildman–Crippen MR) is 101 cm³/mol. The second-order valence-corrected chi connectivity index (χ2v) is 6.19. The third-order valence-corrected chi connectivity index (χ3v) is 3.91. The predicted octanol–water partition coefficient (Wildman–Crippen LogP) is 4.13. The van der Waals surface area contributed by atoms with Crippen LogP contribution in [0.2, 0.25) is 10.0 Å². The molecule has 0 spiro atoms. The molecule has 8 heteroatoms. The lowest BCUT2D eigenvalue weighted by Crippen LogP contribution is -2.36. The molecular formula is C18H18Cl2N2O4. The van der Waals surface area contributed by atoms with E-state index in [4.69, 9.17) is 32.7 Å². The Morgan fingerprint density at radius 1 is 1.08 bits per heavy atom. The summed E-state index contributed by atoms with van der Waals surface area (Å²) >= 11 is 11.7. The molecule has 0 radical (unpaired) electrons. The Balaban J connectivity index is 1.68. The number of rotatable bonds is 7. The molecule has 2 rings (SSSR count). The Morgan fingerprint density at radius 2 is 1.81 bits per heavy atom. The monoisotopic (exact) mass is 396 g/mol. The van der Waals surface area contributed by atoms with E-state index in [9.17, 15) is 9.59 Å². The number of hydrogen-bond acceptors (Lipinski definition) is 4. The quantitative estimate of drug-likeness (QED) is 0.737. The van der Waals surface area contributed by atoms with Crippen LogP contribution < -0.4 is 15.4 Å². The van der Waals surface area contributed by atoms with Crippen LogP contribution in [-0.4, -0.2) is 31.3 Å². The highest BCUT2D eigenvalue weighted by atomic mass is 35.5. The Kier molecular flexibility index (Phi) is 7.56. The highest BCUT2D eigenvalue weighted by molar-refractivity contribution is 6.42. The molecule has 0 aliphatic heterocycles. The van der Waals surface area contributed by atoms with E-state index < -0.39 is 12.2 Å². The second kappa shape index (κ2) is 9.89. The third kappa shape index (κ3) is 6.82. The van der Waals surface area contributed by atoms with Crippen molar-refractivity contribution in [3.05, 3.63) is 58.6 Å². The van der Waals surface area contributed by atoms with Crippen LogP contribution in [0.4, 0.5) is 10.5 Å². The summed E-state index contributed by atoms with van der Waals surface area (Å²) in [5.41, 5.74) is 0.455. The molecular weight excluding hydrogens is 379 g/mol. The topological polar surface area (TPSA) is 76.7 Å². The fourth-order valence-corrected chi connectivity index (χ4v) is 2.22. The van der Waals surface area contributed by atoms with Gasteiger partial charge in [0.05, 0.1) is 16.6 Å². The molecule has 2 aromatic rings. The number of carbonyl (C=O) groups is 2. The first-order valence-corrected chi connectivity index (χ1v) is 8.57. The van der Waals surface area contributed by atoms with Crippen molar-refractivity contribution in [1.82, 2.24) is 5.32 Å². The van der Waals surface area contributed by atoms with Crippen LogP contribution >= 0.6 is 23.2 Å².